The molecule has 2 aromatic heterocycles. The Bertz CT molecular complexity index is 217. The van der Waals surface area contributed by atoms with E-state index in [9.17, 15) is 0 Å². The van der Waals surface area contributed by atoms with Crippen LogP contribution >= 0.6 is 11.5 Å². The number of piperidine rings is 1. The molecule has 1 aliphatic heterocycles. The second kappa shape index (κ2) is 10.3. The van der Waals surface area contributed by atoms with E-state index in [4.69, 9.17) is 0 Å². The van der Waals surface area contributed by atoms with Gasteiger partial charge in [-0.3, -0.25) is 0 Å². The molecule has 4 nitrogen and oxygen atoms in total. The number of H-pyrrole nitrogens is 1. The van der Waals surface area contributed by atoms with Gasteiger partial charge >= 0.3 is 0 Å². The highest BCUT2D eigenvalue weighted by Crippen LogP contribution is 1.96. The molecule has 0 radical (unpaired) electrons. The van der Waals surface area contributed by atoms with Crippen molar-refractivity contribution in [2.75, 3.05) is 13.1 Å². The van der Waals surface area contributed by atoms with Crippen LogP contribution in [0.15, 0.2) is 36.1 Å². The van der Waals surface area contributed by atoms with Gasteiger partial charge in [0.05, 0.1) is 6.20 Å². The van der Waals surface area contributed by atoms with E-state index >= 15 is 0 Å². The molecule has 0 aliphatic carbocycles. The molecule has 0 spiro atoms. The quantitative estimate of drug-likeness (QED) is 0.740. The fourth-order valence-electron chi connectivity index (χ4n) is 1.22. The number of nitrogens with one attached hydrogen (secondary N) is 2. The Morgan fingerprint density at radius 2 is 1.75 bits per heavy atom. The summed E-state index contributed by atoms with van der Waals surface area (Å²) in [6.45, 7) is 2.50. The van der Waals surface area contributed by atoms with Crippen molar-refractivity contribution < 1.29 is 0 Å². The summed E-state index contributed by atoms with van der Waals surface area (Å²) in [6, 6.07) is 3.89. The Hall–Kier alpha value is -1.20. The summed E-state index contributed by atoms with van der Waals surface area (Å²) in [6.07, 6.45) is 9.62. The lowest BCUT2D eigenvalue weighted by atomic mass is 10.2. The first-order valence-corrected chi connectivity index (χ1v) is 6.33. The van der Waals surface area contributed by atoms with E-state index in [0.29, 0.717) is 0 Å². The summed E-state index contributed by atoms with van der Waals surface area (Å²) < 4.78 is 3.51. The molecule has 0 atom stereocenters. The molecule has 2 aromatic rings. The van der Waals surface area contributed by atoms with E-state index in [-0.39, 0.29) is 0 Å². The molecule has 0 amide bonds. The summed E-state index contributed by atoms with van der Waals surface area (Å²) in [7, 11) is 0. The standard InChI is InChI=1S/C5H11N.C4H5N.C2H2N2S/c1-2-4-6-5-3-1;1-2-4-5-3-1;1-2-5-4-3-1/h6H,1-5H2;1-5H;1-2H. The Balaban J connectivity index is 0.000000121. The fraction of sp³-hybridized carbons (Fsp3) is 0.455. The van der Waals surface area contributed by atoms with E-state index in [1.165, 1.54) is 43.9 Å². The van der Waals surface area contributed by atoms with Crippen LogP contribution in [0.1, 0.15) is 19.3 Å². The Morgan fingerprint density at radius 1 is 1.00 bits per heavy atom. The van der Waals surface area contributed by atoms with Crippen LogP contribution in [0.3, 0.4) is 0 Å². The van der Waals surface area contributed by atoms with Gasteiger partial charge in [-0.05, 0) is 49.6 Å². The van der Waals surface area contributed by atoms with Crippen LogP contribution in [0.25, 0.3) is 0 Å². The summed E-state index contributed by atoms with van der Waals surface area (Å²) in [5.74, 6) is 0. The zero-order valence-electron chi connectivity index (χ0n) is 9.30. The number of aromatic nitrogens is 3. The van der Waals surface area contributed by atoms with E-state index in [1.54, 1.807) is 6.20 Å². The van der Waals surface area contributed by atoms with Gasteiger partial charge in [0.25, 0.3) is 0 Å². The predicted octanol–water partition coefficient (Wildman–Crippen LogP) is 2.31. The van der Waals surface area contributed by atoms with Gasteiger partial charge in [0, 0.05) is 17.8 Å². The van der Waals surface area contributed by atoms with Crippen molar-refractivity contribution in [1.29, 1.82) is 0 Å². The lowest BCUT2D eigenvalue weighted by molar-refractivity contribution is 0.520. The van der Waals surface area contributed by atoms with Crippen LogP contribution in [0, 0.1) is 0 Å². The number of rotatable bonds is 0. The molecule has 0 saturated carbocycles. The van der Waals surface area contributed by atoms with E-state index < -0.39 is 0 Å². The van der Waals surface area contributed by atoms with Gasteiger partial charge in [0.2, 0.25) is 0 Å². The first kappa shape index (κ1) is 12.9. The molecule has 1 saturated heterocycles. The van der Waals surface area contributed by atoms with Gasteiger partial charge in [0.15, 0.2) is 0 Å². The zero-order valence-corrected chi connectivity index (χ0v) is 10.1. The van der Waals surface area contributed by atoms with Gasteiger partial charge in [0.1, 0.15) is 0 Å². The van der Waals surface area contributed by atoms with E-state index in [1.807, 2.05) is 29.9 Å². The van der Waals surface area contributed by atoms with E-state index in [0.717, 1.165) is 0 Å². The van der Waals surface area contributed by atoms with Gasteiger partial charge < -0.3 is 10.3 Å². The minimum Gasteiger partial charge on any atom is -0.368 e. The molecule has 16 heavy (non-hydrogen) atoms. The second-order valence-corrected chi connectivity index (χ2v) is 3.93. The first-order chi connectivity index (χ1) is 8.00. The Labute approximate surface area is 100 Å². The average Bonchev–Trinajstić information content (AvgIpc) is 3.10. The van der Waals surface area contributed by atoms with Gasteiger partial charge in [-0.2, -0.15) is 0 Å². The lowest BCUT2D eigenvalue weighted by Crippen LogP contribution is -2.21. The second-order valence-electron chi connectivity index (χ2n) is 3.28. The monoisotopic (exact) mass is 238 g/mol. The summed E-state index contributed by atoms with van der Waals surface area (Å²) in [4.78, 5) is 2.86. The normalized spacial score (nSPS) is 14.0. The molecule has 3 heterocycles. The minimum atomic E-state index is 1.25. The van der Waals surface area contributed by atoms with Crippen LogP contribution in [-0.4, -0.2) is 27.7 Å². The highest BCUT2D eigenvalue weighted by Gasteiger charge is 1.93. The molecule has 3 rings (SSSR count). The smallest absolute Gasteiger partial charge is 0.0620 e. The van der Waals surface area contributed by atoms with Crippen molar-refractivity contribution in [3.8, 4) is 0 Å². The lowest BCUT2D eigenvalue weighted by Gasteiger charge is -2.08. The third kappa shape index (κ3) is 8.14. The van der Waals surface area contributed by atoms with Crippen molar-refractivity contribution in [2.45, 2.75) is 19.3 Å². The topological polar surface area (TPSA) is 53.6 Å². The van der Waals surface area contributed by atoms with Crippen molar-refractivity contribution in [3.63, 3.8) is 0 Å². The largest absolute Gasteiger partial charge is 0.368 e. The van der Waals surface area contributed by atoms with Crippen LogP contribution in [0.2, 0.25) is 0 Å². The van der Waals surface area contributed by atoms with Crippen molar-refractivity contribution in [1.82, 2.24) is 19.9 Å². The number of nitrogens with zero attached hydrogens (tertiary/aromatic N) is 2. The first-order valence-electron chi connectivity index (χ1n) is 5.49. The molecule has 0 aromatic carbocycles. The maximum Gasteiger partial charge on any atom is 0.0620 e. The third-order valence-electron chi connectivity index (χ3n) is 1.99. The van der Waals surface area contributed by atoms with Crippen molar-refractivity contribution >= 4 is 11.5 Å². The maximum absolute atomic E-state index is 3.51. The minimum absolute atomic E-state index is 1.25. The highest BCUT2D eigenvalue weighted by molar-refractivity contribution is 7.03. The molecule has 5 heteroatoms. The van der Waals surface area contributed by atoms with Crippen LogP contribution < -0.4 is 5.32 Å². The maximum atomic E-state index is 3.51. The highest BCUT2D eigenvalue weighted by atomic mass is 32.1. The van der Waals surface area contributed by atoms with Crippen molar-refractivity contribution in [2.24, 2.45) is 0 Å². The summed E-state index contributed by atoms with van der Waals surface area (Å²) in [5.41, 5.74) is 0. The van der Waals surface area contributed by atoms with E-state index in [2.05, 4.69) is 19.9 Å². The Kier molecular flexibility index (Phi) is 8.30. The fourth-order valence-corrected chi connectivity index (χ4v) is 1.49. The number of hydrogen-bond donors (Lipinski definition) is 2. The average molecular weight is 238 g/mol. The molecular formula is C11H18N4S. The summed E-state index contributed by atoms with van der Waals surface area (Å²) >= 11 is 1.35. The third-order valence-corrected chi connectivity index (χ3v) is 2.42. The van der Waals surface area contributed by atoms with Crippen LogP contribution in [-0.2, 0) is 0 Å². The zero-order chi connectivity index (χ0) is 11.3. The van der Waals surface area contributed by atoms with Crippen molar-refractivity contribution in [3.05, 3.63) is 36.1 Å². The van der Waals surface area contributed by atoms with Gasteiger partial charge in [-0.1, -0.05) is 10.9 Å². The SMILES string of the molecule is C1CCNCC1.c1cc[nH]c1.c1csnn1. The molecule has 0 unspecified atom stereocenters. The van der Waals surface area contributed by atoms with Gasteiger partial charge in [-0.25, -0.2) is 0 Å². The molecule has 1 aliphatic rings. The number of hydrogen-bond acceptors (Lipinski definition) is 4. The molecular weight excluding hydrogens is 220 g/mol. The molecule has 2 N–H and O–H groups in total. The number of aromatic amines is 1. The molecule has 1 fully saturated rings. The molecule has 0 bridgehead atoms. The summed E-state index contributed by atoms with van der Waals surface area (Å²) in [5, 5.41) is 8.59. The Morgan fingerprint density at radius 3 is 1.94 bits per heavy atom. The van der Waals surface area contributed by atoms with Gasteiger partial charge in [-0.15, -0.1) is 5.10 Å². The van der Waals surface area contributed by atoms with Crippen LogP contribution in [0.4, 0.5) is 0 Å². The van der Waals surface area contributed by atoms with Crippen LogP contribution in [0.5, 0.6) is 0 Å². The molecule has 88 valence electrons. The predicted molar refractivity (Wildman–Crippen MR) is 67.4 cm³/mol.